The first-order valence-corrected chi connectivity index (χ1v) is 9.31. The minimum absolute atomic E-state index is 0.0570. The van der Waals surface area contributed by atoms with Gasteiger partial charge >= 0.3 is 0 Å². The van der Waals surface area contributed by atoms with Crippen LogP contribution >= 0.6 is 15.9 Å². The molecule has 2 aliphatic rings. The third kappa shape index (κ3) is 2.54. The fraction of sp³-hybridized carbons (Fsp3) is 0.667. The van der Waals surface area contributed by atoms with E-state index in [0.29, 0.717) is 11.8 Å². The van der Waals surface area contributed by atoms with E-state index in [1.807, 2.05) is 6.07 Å². The van der Waals surface area contributed by atoms with E-state index in [2.05, 4.69) is 72.9 Å². The van der Waals surface area contributed by atoms with Crippen LogP contribution in [0.1, 0.15) is 38.9 Å². The molecule has 1 aromatic carbocycles. The van der Waals surface area contributed by atoms with Crippen molar-refractivity contribution in [1.82, 2.24) is 4.90 Å². The third-order valence-corrected chi connectivity index (χ3v) is 5.98. The molecule has 0 N–H and O–H groups in total. The summed E-state index contributed by atoms with van der Waals surface area (Å²) in [6.07, 6.45) is 1.32. The van der Waals surface area contributed by atoms with Crippen LogP contribution in [-0.2, 0) is 9.47 Å². The second-order valence-electron chi connectivity index (χ2n) is 6.91. The predicted octanol–water partition coefficient (Wildman–Crippen LogP) is 4.19. The Balaban J connectivity index is 1.93. The maximum Gasteiger partial charge on any atom is 0.234 e. The van der Waals surface area contributed by atoms with E-state index in [0.717, 1.165) is 11.8 Å². The van der Waals surface area contributed by atoms with Gasteiger partial charge in [-0.15, -0.1) is 0 Å². The van der Waals surface area contributed by atoms with E-state index in [1.54, 1.807) is 0 Å². The summed E-state index contributed by atoms with van der Waals surface area (Å²) >= 11 is 3.58. The lowest BCUT2D eigenvalue weighted by molar-refractivity contribution is -0.292. The lowest BCUT2D eigenvalue weighted by Crippen LogP contribution is -2.51. The molecule has 3 rings (SSSR count). The highest BCUT2D eigenvalue weighted by molar-refractivity contribution is 9.09. The minimum Gasteiger partial charge on any atom is -0.333 e. The van der Waals surface area contributed by atoms with Gasteiger partial charge in [-0.05, 0) is 31.9 Å². The molecule has 0 radical (unpaired) electrons. The average Bonchev–Trinajstić information content (AvgIpc) is 3.02. The summed E-state index contributed by atoms with van der Waals surface area (Å²) in [5.74, 6) is 0.316. The molecule has 1 aromatic rings. The molecule has 5 atom stereocenters. The summed E-state index contributed by atoms with van der Waals surface area (Å²) in [5.41, 5.74) is 1.23. The van der Waals surface area contributed by atoms with Crippen molar-refractivity contribution in [2.24, 2.45) is 11.8 Å². The van der Waals surface area contributed by atoms with Gasteiger partial charge in [-0.3, -0.25) is 0 Å². The largest absolute Gasteiger partial charge is 0.333 e. The fourth-order valence-electron chi connectivity index (χ4n) is 3.89. The van der Waals surface area contributed by atoms with E-state index in [4.69, 9.17) is 9.47 Å². The van der Waals surface area contributed by atoms with Gasteiger partial charge in [0, 0.05) is 17.3 Å². The van der Waals surface area contributed by atoms with Gasteiger partial charge in [0.2, 0.25) is 5.91 Å². The van der Waals surface area contributed by atoms with Crippen molar-refractivity contribution in [3.05, 3.63) is 35.9 Å². The van der Waals surface area contributed by atoms with Gasteiger partial charge in [-0.25, -0.2) is 4.90 Å². The van der Waals surface area contributed by atoms with Gasteiger partial charge in [0.05, 0.1) is 6.10 Å². The minimum atomic E-state index is -0.591. The molecule has 2 aliphatic heterocycles. The van der Waals surface area contributed by atoms with Crippen LogP contribution < -0.4 is 0 Å². The Bertz CT molecular complexity index is 509. The Hall–Kier alpha value is -0.420. The van der Waals surface area contributed by atoms with Crippen LogP contribution in [0.15, 0.2) is 30.3 Å². The first-order chi connectivity index (χ1) is 10.5. The quantitative estimate of drug-likeness (QED) is 0.747. The standard InChI is InChI=1S/C18H26BrNO2/c1-12(2)16-10-15(11-19)21-18(16)20(4)13(3)17(22-18)14-8-6-5-7-9-14/h5-9,12-13,15-17H,10-11H2,1-4H3/t13-,15-,16+,17-,18+/m1/s1. The van der Waals surface area contributed by atoms with E-state index < -0.39 is 5.91 Å². The Labute approximate surface area is 142 Å². The zero-order valence-corrected chi connectivity index (χ0v) is 15.4. The Kier molecular flexibility index (Phi) is 4.66. The molecule has 3 nitrogen and oxygen atoms in total. The Morgan fingerprint density at radius 2 is 1.95 bits per heavy atom. The van der Waals surface area contributed by atoms with E-state index >= 15 is 0 Å². The van der Waals surface area contributed by atoms with Crippen LogP contribution in [0.3, 0.4) is 0 Å². The highest BCUT2D eigenvalue weighted by Crippen LogP contribution is 2.52. The summed E-state index contributed by atoms with van der Waals surface area (Å²) < 4.78 is 13.0. The molecule has 1 spiro atoms. The lowest BCUT2D eigenvalue weighted by atomic mass is 9.89. The van der Waals surface area contributed by atoms with Crippen molar-refractivity contribution in [1.29, 1.82) is 0 Å². The van der Waals surface area contributed by atoms with Crippen molar-refractivity contribution in [2.75, 3.05) is 12.4 Å². The SMILES string of the molecule is CC(C)[C@@H]1C[C@H](CBr)O[C@]12O[C@@H](c1ccccc1)[C@@H](C)N2C. The summed E-state index contributed by atoms with van der Waals surface area (Å²) in [5, 5.41) is 0.861. The zero-order valence-electron chi connectivity index (χ0n) is 13.8. The summed E-state index contributed by atoms with van der Waals surface area (Å²) in [6.45, 7) is 6.77. The van der Waals surface area contributed by atoms with Gasteiger partial charge in [0.15, 0.2) is 0 Å². The van der Waals surface area contributed by atoms with Crippen LogP contribution in [0.25, 0.3) is 0 Å². The first-order valence-electron chi connectivity index (χ1n) is 8.19. The highest BCUT2D eigenvalue weighted by atomic mass is 79.9. The number of ether oxygens (including phenoxy) is 2. The number of halogens is 1. The normalized spacial score (nSPS) is 39.2. The predicted molar refractivity (Wildman–Crippen MR) is 91.8 cm³/mol. The number of hydrogen-bond acceptors (Lipinski definition) is 3. The average molecular weight is 368 g/mol. The van der Waals surface area contributed by atoms with Gasteiger partial charge in [-0.1, -0.05) is 60.1 Å². The molecular formula is C18H26BrNO2. The van der Waals surface area contributed by atoms with Crippen molar-refractivity contribution in [2.45, 2.75) is 51.4 Å². The highest BCUT2D eigenvalue weighted by Gasteiger charge is 2.60. The Morgan fingerprint density at radius 1 is 1.27 bits per heavy atom. The molecular weight excluding hydrogens is 342 g/mol. The summed E-state index contributed by atoms with van der Waals surface area (Å²) in [7, 11) is 2.14. The summed E-state index contributed by atoms with van der Waals surface area (Å²) in [4.78, 5) is 2.30. The molecule has 122 valence electrons. The number of rotatable bonds is 3. The molecule has 0 aromatic heterocycles. The van der Waals surface area contributed by atoms with Crippen molar-refractivity contribution in [3.63, 3.8) is 0 Å². The maximum atomic E-state index is 6.61. The zero-order chi connectivity index (χ0) is 15.9. The molecule has 2 fully saturated rings. The summed E-state index contributed by atoms with van der Waals surface area (Å²) in [6, 6.07) is 10.8. The van der Waals surface area contributed by atoms with E-state index in [-0.39, 0.29) is 18.2 Å². The van der Waals surface area contributed by atoms with Crippen LogP contribution in [0.4, 0.5) is 0 Å². The molecule has 0 amide bonds. The molecule has 0 unspecified atom stereocenters. The lowest BCUT2D eigenvalue weighted by Gasteiger charge is -2.38. The van der Waals surface area contributed by atoms with Gasteiger partial charge in [0.1, 0.15) is 6.10 Å². The third-order valence-electron chi connectivity index (χ3n) is 5.26. The van der Waals surface area contributed by atoms with Crippen LogP contribution in [-0.4, -0.2) is 35.3 Å². The second kappa shape index (κ2) is 6.23. The Morgan fingerprint density at radius 3 is 2.55 bits per heavy atom. The second-order valence-corrected chi connectivity index (χ2v) is 7.56. The molecule has 4 heteroatoms. The van der Waals surface area contributed by atoms with Crippen LogP contribution in [0.2, 0.25) is 0 Å². The molecule has 0 aliphatic carbocycles. The molecule has 22 heavy (non-hydrogen) atoms. The van der Waals surface area contributed by atoms with Crippen LogP contribution in [0, 0.1) is 11.8 Å². The number of nitrogens with zero attached hydrogens (tertiary/aromatic N) is 1. The molecule has 2 heterocycles. The van der Waals surface area contributed by atoms with Crippen molar-refractivity contribution >= 4 is 15.9 Å². The van der Waals surface area contributed by atoms with Crippen molar-refractivity contribution < 1.29 is 9.47 Å². The number of alkyl halides is 1. The van der Waals surface area contributed by atoms with E-state index in [1.165, 1.54) is 5.56 Å². The maximum absolute atomic E-state index is 6.61. The topological polar surface area (TPSA) is 21.7 Å². The van der Waals surface area contributed by atoms with Crippen molar-refractivity contribution in [3.8, 4) is 0 Å². The molecule has 2 saturated heterocycles. The van der Waals surface area contributed by atoms with Gasteiger partial charge in [-0.2, -0.15) is 0 Å². The van der Waals surface area contributed by atoms with Gasteiger partial charge < -0.3 is 9.47 Å². The fourth-order valence-corrected chi connectivity index (χ4v) is 4.29. The first kappa shape index (κ1) is 16.4. The van der Waals surface area contributed by atoms with E-state index in [9.17, 15) is 0 Å². The number of benzene rings is 1. The molecule has 0 saturated carbocycles. The monoisotopic (exact) mass is 367 g/mol. The van der Waals surface area contributed by atoms with Crippen LogP contribution in [0.5, 0.6) is 0 Å². The number of likely N-dealkylation sites (N-methyl/N-ethyl adjacent to an activating group) is 1. The molecule has 0 bridgehead atoms. The van der Waals surface area contributed by atoms with Gasteiger partial charge in [0.25, 0.3) is 0 Å². The smallest absolute Gasteiger partial charge is 0.234 e. The number of hydrogen-bond donors (Lipinski definition) is 0.